The Morgan fingerprint density at radius 3 is 2.33 bits per heavy atom. The number of amides is 2. The monoisotopic (exact) mass is 421 g/mol. The van der Waals surface area contributed by atoms with Crippen LogP contribution >= 0.6 is 15.9 Å². The zero-order chi connectivity index (χ0) is 19.1. The number of carbonyl (C=O) groups is 2. The van der Waals surface area contributed by atoms with Crippen LogP contribution in [0.2, 0.25) is 0 Å². The van der Waals surface area contributed by atoms with E-state index >= 15 is 0 Å². The quantitative estimate of drug-likeness (QED) is 0.604. The van der Waals surface area contributed by atoms with Gasteiger partial charge in [-0.05, 0) is 54.1 Å². The lowest BCUT2D eigenvalue weighted by Crippen LogP contribution is -2.30. The van der Waals surface area contributed by atoms with E-state index in [-0.39, 0.29) is 11.6 Å². The van der Waals surface area contributed by atoms with Crippen LogP contribution in [0.15, 0.2) is 89.3 Å². The largest absolute Gasteiger partial charge is 0.321 e. The van der Waals surface area contributed by atoms with E-state index in [1.54, 1.807) is 67.0 Å². The SMILES string of the molecule is O=C(Nc1ccc(Br)cc1)/C(=C/c1cccnc1)NC(=O)c1ccccc1. The second-order valence-corrected chi connectivity index (χ2v) is 6.54. The normalized spacial score (nSPS) is 10.9. The third-order valence-electron chi connectivity index (χ3n) is 3.63. The van der Waals surface area contributed by atoms with Crippen molar-refractivity contribution in [1.29, 1.82) is 0 Å². The molecular weight excluding hydrogens is 406 g/mol. The Morgan fingerprint density at radius 2 is 1.67 bits per heavy atom. The first-order valence-electron chi connectivity index (χ1n) is 8.17. The molecule has 0 aliphatic rings. The first-order chi connectivity index (χ1) is 13.1. The van der Waals surface area contributed by atoms with Gasteiger partial charge in [0.15, 0.2) is 0 Å². The van der Waals surface area contributed by atoms with Crippen LogP contribution in [0.25, 0.3) is 6.08 Å². The molecule has 6 heteroatoms. The van der Waals surface area contributed by atoms with Gasteiger partial charge in [-0.2, -0.15) is 0 Å². The topological polar surface area (TPSA) is 71.1 Å². The van der Waals surface area contributed by atoms with Crippen LogP contribution in [-0.2, 0) is 4.79 Å². The molecule has 0 unspecified atom stereocenters. The van der Waals surface area contributed by atoms with Crippen molar-refractivity contribution in [2.75, 3.05) is 5.32 Å². The van der Waals surface area contributed by atoms with E-state index < -0.39 is 5.91 Å². The smallest absolute Gasteiger partial charge is 0.272 e. The molecule has 0 fully saturated rings. The highest BCUT2D eigenvalue weighted by molar-refractivity contribution is 9.10. The average Bonchev–Trinajstić information content (AvgIpc) is 2.70. The minimum Gasteiger partial charge on any atom is -0.321 e. The van der Waals surface area contributed by atoms with Crippen LogP contribution in [0, 0.1) is 0 Å². The summed E-state index contributed by atoms with van der Waals surface area (Å²) in [7, 11) is 0. The number of aromatic nitrogens is 1. The first kappa shape index (κ1) is 18.5. The van der Waals surface area contributed by atoms with Crippen molar-refractivity contribution in [3.05, 3.63) is 100 Å². The molecule has 0 spiro atoms. The predicted molar refractivity (Wildman–Crippen MR) is 109 cm³/mol. The molecule has 3 aromatic rings. The number of halogens is 1. The fourth-order valence-corrected chi connectivity index (χ4v) is 2.57. The fourth-order valence-electron chi connectivity index (χ4n) is 2.30. The summed E-state index contributed by atoms with van der Waals surface area (Å²) in [4.78, 5) is 29.3. The van der Waals surface area contributed by atoms with Crippen LogP contribution < -0.4 is 10.6 Å². The van der Waals surface area contributed by atoms with Crippen molar-refractivity contribution in [2.24, 2.45) is 0 Å². The average molecular weight is 422 g/mol. The molecule has 1 aromatic heterocycles. The lowest BCUT2D eigenvalue weighted by Gasteiger charge is -2.11. The molecule has 5 nitrogen and oxygen atoms in total. The number of benzene rings is 2. The summed E-state index contributed by atoms with van der Waals surface area (Å²) >= 11 is 3.36. The van der Waals surface area contributed by atoms with Gasteiger partial charge in [0.05, 0.1) is 0 Å². The number of hydrogen-bond acceptors (Lipinski definition) is 3. The van der Waals surface area contributed by atoms with E-state index in [0.717, 1.165) is 4.47 Å². The molecule has 0 aliphatic carbocycles. The maximum atomic E-state index is 12.7. The number of pyridine rings is 1. The van der Waals surface area contributed by atoms with Crippen molar-refractivity contribution >= 4 is 39.5 Å². The molecular formula is C21H16BrN3O2. The van der Waals surface area contributed by atoms with Gasteiger partial charge in [0.2, 0.25) is 0 Å². The minimum absolute atomic E-state index is 0.125. The number of nitrogens with zero attached hydrogens (tertiary/aromatic N) is 1. The predicted octanol–water partition coefficient (Wildman–Crippen LogP) is 4.25. The van der Waals surface area contributed by atoms with Crippen LogP contribution in [0.4, 0.5) is 5.69 Å². The Labute approximate surface area is 165 Å². The number of carbonyl (C=O) groups excluding carboxylic acids is 2. The highest BCUT2D eigenvalue weighted by atomic mass is 79.9. The lowest BCUT2D eigenvalue weighted by atomic mass is 10.2. The standard InChI is InChI=1S/C21H16BrN3O2/c22-17-8-10-18(11-9-17)24-21(27)19(13-15-5-4-12-23-14-15)25-20(26)16-6-2-1-3-7-16/h1-14H,(H,24,27)(H,25,26)/b19-13-. The molecule has 0 saturated carbocycles. The first-order valence-corrected chi connectivity index (χ1v) is 8.96. The number of rotatable bonds is 5. The molecule has 2 N–H and O–H groups in total. The molecule has 3 rings (SSSR count). The van der Waals surface area contributed by atoms with E-state index in [4.69, 9.17) is 0 Å². The Kier molecular flexibility index (Phi) is 6.12. The Hall–Kier alpha value is -3.25. The van der Waals surface area contributed by atoms with Gasteiger partial charge in [-0.1, -0.05) is 40.2 Å². The van der Waals surface area contributed by atoms with Gasteiger partial charge in [-0.25, -0.2) is 0 Å². The third kappa shape index (κ3) is 5.36. The fraction of sp³-hybridized carbons (Fsp3) is 0. The maximum absolute atomic E-state index is 12.7. The summed E-state index contributed by atoms with van der Waals surface area (Å²) in [5.41, 5.74) is 1.91. The zero-order valence-electron chi connectivity index (χ0n) is 14.2. The molecule has 2 amide bonds. The van der Waals surface area contributed by atoms with Gasteiger partial charge >= 0.3 is 0 Å². The van der Waals surface area contributed by atoms with E-state index in [1.165, 1.54) is 0 Å². The van der Waals surface area contributed by atoms with E-state index in [0.29, 0.717) is 16.8 Å². The van der Waals surface area contributed by atoms with Crippen LogP contribution in [0.3, 0.4) is 0 Å². The Morgan fingerprint density at radius 1 is 0.926 bits per heavy atom. The Bertz CT molecular complexity index is 956. The number of hydrogen-bond donors (Lipinski definition) is 2. The van der Waals surface area contributed by atoms with Gasteiger partial charge in [-0.15, -0.1) is 0 Å². The molecule has 0 saturated heterocycles. The highest BCUT2D eigenvalue weighted by Crippen LogP contribution is 2.15. The molecule has 0 atom stereocenters. The Balaban J connectivity index is 1.85. The van der Waals surface area contributed by atoms with E-state index in [1.807, 2.05) is 18.2 Å². The zero-order valence-corrected chi connectivity index (χ0v) is 15.8. The minimum atomic E-state index is -0.426. The summed E-state index contributed by atoms with van der Waals surface area (Å²) in [6.07, 6.45) is 4.84. The summed E-state index contributed by atoms with van der Waals surface area (Å²) in [5, 5.41) is 5.47. The summed E-state index contributed by atoms with van der Waals surface area (Å²) < 4.78 is 0.906. The highest BCUT2D eigenvalue weighted by Gasteiger charge is 2.15. The molecule has 27 heavy (non-hydrogen) atoms. The molecule has 2 aromatic carbocycles. The van der Waals surface area contributed by atoms with Gasteiger partial charge in [0.1, 0.15) is 5.70 Å². The van der Waals surface area contributed by atoms with Crippen molar-refractivity contribution in [1.82, 2.24) is 10.3 Å². The summed E-state index contributed by atoms with van der Waals surface area (Å²) in [6, 6.07) is 19.5. The second-order valence-electron chi connectivity index (χ2n) is 5.63. The van der Waals surface area contributed by atoms with Crippen molar-refractivity contribution in [3.63, 3.8) is 0 Å². The summed E-state index contributed by atoms with van der Waals surface area (Å²) in [6.45, 7) is 0. The van der Waals surface area contributed by atoms with Crippen LogP contribution in [-0.4, -0.2) is 16.8 Å². The molecule has 0 radical (unpaired) electrons. The van der Waals surface area contributed by atoms with Gasteiger partial charge in [0.25, 0.3) is 11.8 Å². The summed E-state index contributed by atoms with van der Waals surface area (Å²) in [5.74, 6) is -0.790. The van der Waals surface area contributed by atoms with Gasteiger partial charge < -0.3 is 10.6 Å². The van der Waals surface area contributed by atoms with Gasteiger partial charge in [-0.3, -0.25) is 14.6 Å². The van der Waals surface area contributed by atoms with Crippen LogP contribution in [0.5, 0.6) is 0 Å². The third-order valence-corrected chi connectivity index (χ3v) is 4.15. The molecule has 0 aliphatic heterocycles. The van der Waals surface area contributed by atoms with E-state index in [9.17, 15) is 9.59 Å². The molecule has 134 valence electrons. The van der Waals surface area contributed by atoms with Crippen LogP contribution in [0.1, 0.15) is 15.9 Å². The second kappa shape index (κ2) is 8.91. The lowest BCUT2D eigenvalue weighted by molar-refractivity contribution is -0.113. The van der Waals surface area contributed by atoms with Crippen molar-refractivity contribution in [2.45, 2.75) is 0 Å². The molecule has 0 bridgehead atoms. The number of anilines is 1. The van der Waals surface area contributed by atoms with E-state index in [2.05, 4.69) is 31.5 Å². The van der Waals surface area contributed by atoms with Crippen molar-refractivity contribution < 1.29 is 9.59 Å². The van der Waals surface area contributed by atoms with Gasteiger partial charge in [0, 0.05) is 28.1 Å². The van der Waals surface area contributed by atoms with Crippen molar-refractivity contribution in [3.8, 4) is 0 Å². The number of nitrogens with one attached hydrogen (secondary N) is 2. The molecule has 1 heterocycles. The maximum Gasteiger partial charge on any atom is 0.272 e.